The first-order valence-corrected chi connectivity index (χ1v) is 9.29. The fourth-order valence-corrected chi connectivity index (χ4v) is 4.71. The summed E-state index contributed by atoms with van der Waals surface area (Å²) >= 11 is 0. The number of benzene rings is 3. The molecule has 0 amide bonds. The second-order valence-electron chi connectivity index (χ2n) is 7.36. The van der Waals surface area contributed by atoms with Crippen molar-refractivity contribution in [3.05, 3.63) is 108 Å². The minimum absolute atomic E-state index is 0.370. The summed E-state index contributed by atoms with van der Waals surface area (Å²) in [7, 11) is 2.45. The van der Waals surface area contributed by atoms with Crippen LogP contribution < -0.4 is 0 Å². The van der Waals surface area contributed by atoms with Crippen LogP contribution in [-0.4, -0.2) is 18.1 Å². The Balaban J connectivity index is 1.83. The second kappa shape index (κ2) is 6.85. The molecule has 1 aliphatic heterocycles. The zero-order valence-corrected chi connectivity index (χ0v) is 14.9. The molecule has 1 unspecified atom stereocenters. The number of likely N-dealkylation sites (tertiary alicyclic amines) is 1. The molecular weight excluding hydrogens is 302 g/mol. The van der Waals surface area contributed by atoms with Crippen molar-refractivity contribution < 1.29 is 4.48 Å². The first-order valence-electron chi connectivity index (χ1n) is 9.29. The summed E-state index contributed by atoms with van der Waals surface area (Å²) in [4.78, 5) is 0. The molecule has 0 radical (unpaired) electrons. The summed E-state index contributed by atoms with van der Waals surface area (Å²) in [6.07, 6.45) is 2.54. The van der Waals surface area contributed by atoms with Gasteiger partial charge in [0, 0.05) is 29.5 Å². The van der Waals surface area contributed by atoms with E-state index in [1.807, 2.05) is 0 Å². The van der Waals surface area contributed by atoms with Crippen molar-refractivity contribution in [3.63, 3.8) is 0 Å². The molecule has 0 saturated carbocycles. The fraction of sp³-hybridized carbons (Fsp3) is 0.250. The van der Waals surface area contributed by atoms with Gasteiger partial charge >= 0.3 is 0 Å². The molecule has 3 aromatic rings. The van der Waals surface area contributed by atoms with E-state index in [0.29, 0.717) is 12.1 Å². The van der Waals surface area contributed by atoms with E-state index in [1.165, 1.54) is 36.1 Å². The lowest BCUT2D eigenvalue weighted by Crippen LogP contribution is -2.46. The van der Waals surface area contributed by atoms with E-state index in [-0.39, 0.29) is 0 Å². The van der Waals surface area contributed by atoms with Gasteiger partial charge < -0.3 is 4.48 Å². The molecule has 0 bridgehead atoms. The lowest BCUT2D eigenvalue weighted by molar-refractivity contribution is -0.950. The van der Waals surface area contributed by atoms with Crippen LogP contribution in [0.4, 0.5) is 0 Å². The molecule has 0 N–H and O–H groups in total. The Bertz CT molecular complexity index is 758. The summed E-state index contributed by atoms with van der Waals surface area (Å²) in [5.74, 6) is 0. The summed E-state index contributed by atoms with van der Waals surface area (Å²) < 4.78 is 1.05. The lowest BCUT2D eigenvalue weighted by atomic mass is 9.92. The van der Waals surface area contributed by atoms with Crippen LogP contribution in [0.2, 0.25) is 0 Å². The average molecular weight is 328 g/mol. The minimum Gasteiger partial charge on any atom is -0.310 e. The molecule has 1 aliphatic rings. The van der Waals surface area contributed by atoms with E-state index in [1.54, 1.807) is 0 Å². The Kier molecular flexibility index (Phi) is 4.42. The van der Waals surface area contributed by atoms with Crippen LogP contribution >= 0.6 is 0 Å². The van der Waals surface area contributed by atoms with Crippen LogP contribution in [0.1, 0.15) is 41.6 Å². The highest BCUT2D eigenvalue weighted by atomic mass is 15.4. The van der Waals surface area contributed by atoms with Crippen molar-refractivity contribution in [3.8, 4) is 0 Å². The van der Waals surface area contributed by atoms with Crippen LogP contribution in [0.25, 0.3) is 0 Å². The average Bonchev–Trinajstić information content (AvgIpc) is 3.06. The van der Waals surface area contributed by atoms with Gasteiger partial charge in [-0.25, -0.2) is 0 Å². The summed E-state index contributed by atoms with van der Waals surface area (Å²) in [5.41, 5.74) is 4.30. The number of nitrogens with zero attached hydrogens (tertiary/aromatic N) is 1. The fourth-order valence-electron chi connectivity index (χ4n) is 4.71. The second-order valence-corrected chi connectivity index (χ2v) is 7.36. The molecule has 4 rings (SSSR count). The molecular formula is C24H26N+. The molecule has 1 saturated heterocycles. The molecule has 0 aromatic heterocycles. The van der Waals surface area contributed by atoms with Crippen LogP contribution in [0.15, 0.2) is 91.0 Å². The molecule has 1 heterocycles. The van der Waals surface area contributed by atoms with Crippen LogP contribution in [0.5, 0.6) is 0 Å². The van der Waals surface area contributed by atoms with Gasteiger partial charge in [0.15, 0.2) is 0 Å². The first-order chi connectivity index (χ1) is 12.3. The number of hydrogen-bond acceptors (Lipinski definition) is 0. The van der Waals surface area contributed by atoms with E-state index in [0.717, 1.165) is 4.48 Å². The Morgan fingerprint density at radius 2 is 1.20 bits per heavy atom. The smallest absolute Gasteiger partial charge is 0.141 e. The Labute approximate surface area is 151 Å². The zero-order valence-electron chi connectivity index (χ0n) is 14.9. The molecule has 1 fully saturated rings. The number of hydrogen-bond donors (Lipinski definition) is 0. The number of quaternary nitrogens is 1. The standard InChI is InChI=1S/C24H26N/c1-25(19-11-18-23(25)20-12-5-2-6-13-20)24(21-14-7-3-8-15-21)22-16-9-4-10-17-22/h2-10,12-17,23-24H,11,18-19H2,1H3/q+1/t23-,25?/m0/s1. The van der Waals surface area contributed by atoms with Crippen LogP contribution in [0.3, 0.4) is 0 Å². The normalized spacial score (nSPS) is 23.0. The van der Waals surface area contributed by atoms with E-state index in [4.69, 9.17) is 0 Å². The van der Waals surface area contributed by atoms with Gasteiger partial charge in [-0.2, -0.15) is 0 Å². The Morgan fingerprint density at radius 1 is 0.720 bits per heavy atom. The van der Waals surface area contributed by atoms with Crippen molar-refractivity contribution in [2.75, 3.05) is 13.6 Å². The van der Waals surface area contributed by atoms with Gasteiger partial charge in [-0.3, -0.25) is 0 Å². The number of rotatable bonds is 4. The van der Waals surface area contributed by atoms with Gasteiger partial charge in [0.25, 0.3) is 0 Å². The van der Waals surface area contributed by atoms with Gasteiger partial charge in [0.1, 0.15) is 12.1 Å². The maximum atomic E-state index is 2.45. The van der Waals surface area contributed by atoms with E-state index in [2.05, 4.69) is 98.0 Å². The van der Waals surface area contributed by atoms with Crippen molar-refractivity contribution in [1.29, 1.82) is 0 Å². The molecule has 1 heteroatoms. The van der Waals surface area contributed by atoms with Gasteiger partial charge in [-0.1, -0.05) is 91.0 Å². The molecule has 1 nitrogen and oxygen atoms in total. The maximum Gasteiger partial charge on any atom is 0.141 e. The predicted molar refractivity (Wildman–Crippen MR) is 104 cm³/mol. The molecule has 0 spiro atoms. The Hall–Kier alpha value is -2.38. The third-order valence-corrected chi connectivity index (χ3v) is 5.83. The third kappa shape index (κ3) is 3.01. The van der Waals surface area contributed by atoms with Crippen molar-refractivity contribution >= 4 is 0 Å². The monoisotopic (exact) mass is 328 g/mol. The van der Waals surface area contributed by atoms with E-state index >= 15 is 0 Å². The van der Waals surface area contributed by atoms with Gasteiger partial charge in [0.2, 0.25) is 0 Å². The van der Waals surface area contributed by atoms with Gasteiger partial charge in [-0.15, -0.1) is 0 Å². The summed E-state index contributed by atoms with van der Waals surface area (Å²) in [5, 5.41) is 0. The minimum atomic E-state index is 0.370. The molecule has 126 valence electrons. The summed E-state index contributed by atoms with van der Waals surface area (Å²) in [6.45, 7) is 1.22. The van der Waals surface area contributed by atoms with Gasteiger partial charge in [0.05, 0.1) is 13.6 Å². The van der Waals surface area contributed by atoms with Crippen molar-refractivity contribution in [1.82, 2.24) is 0 Å². The summed E-state index contributed by atoms with van der Waals surface area (Å²) in [6, 6.07) is 34.1. The third-order valence-electron chi connectivity index (χ3n) is 5.83. The predicted octanol–water partition coefficient (Wildman–Crippen LogP) is 5.76. The first kappa shape index (κ1) is 16.1. The largest absolute Gasteiger partial charge is 0.310 e. The van der Waals surface area contributed by atoms with E-state index in [9.17, 15) is 0 Å². The topological polar surface area (TPSA) is 0 Å². The molecule has 3 aromatic carbocycles. The van der Waals surface area contributed by atoms with E-state index < -0.39 is 0 Å². The molecule has 2 atom stereocenters. The highest BCUT2D eigenvalue weighted by Crippen LogP contribution is 2.47. The maximum absolute atomic E-state index is 2.45. The molecule has 25 heavy (non-hydrogen) atoms. The van der Waals surface area contributed by atoms with Gasteiger partial charge in [-0.05, 0) is 0 Å². The molecule has 0 aliphatic carbocycles. The van der Waals surface area contributed by atoms with Crippen LogP contribution in [-0.2, 0) is 0 Å². The SMILES string of the molecule is C[N+]1(C(c2ccccc2)c2ccccc2)CCC[C@H]1c1ccccc1. The highest BCUT2D eigenvalue weighted by Gasteiger charge is 2.46. The van der Waals surface area contributed by atoms with Crippen molar-refractivity contribution in [2.45, 2.75) is 24.9 Å². The lowest BCUT2D eigenvalue weighted by Gasteiger charge is -2.43. The van der Waals surface area contributed by atoms with Crippen LogP contribution in [0, 0.1) is 0 Å². The Morgan fingerprint density at radius 3 is 1.72 bits per heavy atom. The van der Waals surface area contributed by atoms with Crippen molar-refractivity contribution in [2.24, 2.45) is 0 Å². The quantitative estimate of drug-likeness (QED) is 0.534. The highest BCUT2D eigenvalue weighted by molar-refractivity contribution is 5.31. The zero-order chi connectivity index (χ0) is 17.1.